The predicted octanol–water partition coefficient (Wildman–Crippen LogP) is 3.54. The molecule has 0 radical (unpaired) electrons. The highest BCUT2D eigenvalue weighted by molar-refractivity contribution is 9.09. The smallest absolute Gasteiger partial charge is 0.207 e. The number of halogens is 3. The normalized spacial score (nSPS) is 21.4. The molecule has 0 aliphatic carbocycles. The molecule has 1 atom stereocenters. The summed E-state index contributed by atoms with van der Waals surface area (Å²) in [5.41, 5.74) is 0. The summed E-state index contributed by atoms with van der Waals surface area (Å²) in [6.07, 6.45) is 1.73. The van der Waals surface area contributed by atoms with Crippen molar-refractivity contribution in [3.8, 4) is 0 Å². The fourth-order valence-electron chi connectivity index (χ4n) is 2.08. The van der Waals surface area contributed by atoms with Gasteiger partial charge in [0.05, 0.1) is 5.02 Å². The summed E-state index contributed by atoms with van der Waals surface area (Å²) >= 11 is 15.2. The molecule has 1 aliphatic rings. The number of hydrogen-bond donors (Lipinski definition) is 0. The van der Waals surface area contributed by atoms with Gasteiger partial charge < -0.3 is 0 Å². The van der Waals surface area contributed by atoms with Crippen LogP contribution in [0.25, 0.3) is 0 Å². The molecule has 1 unspecified atom stereocenters. The van der Waals surface area contributed by atoms with Crippen LogP contribution in [0.4, 0.5) is 0 Å². The van der Waals surface area contributed by atoms with E-state index in [9.17, 15) is 8.42 Å². The minimum Gasteiger partial charge on any atom is -0.207 e. The van der Waals surface area contributed by atoms with Crippen LogP contribution in [0, 0.1) is 0 Å². The third kappa shape index (κ3) is 2.70. The molecule has 1 saturated heterocycles. The van der Waals surface area contributed by atoms with E-state index < -0.39 is 10.0 Å². The molecule has 1 aromatic carbocycles. The Kier molecular flexibility index (Phi) is 4.60. The summed E-state index contributed by atoms with van der Waals surface area (Å²) in [7, 11) is -3.57. The number of nitrogens with zero attached hydrogens (tertiary/aromatic N) is 1. The lowest BCUT2D eigenvalue weighted by Crippen LogP contribution is -2.36. The Morgan fingerprint density at radius 3 is 2.78 bits per heavy atom. The maximum absolute atomic E-state index is 12.5. The van der Waals surface area contributed by atoms with Gasteiger partial charge in [0.15, 0.2) is 0 Å². The molecule has 0 bridgehead atoms. The van der Waals surface area contributed by atoms with Crippen molar-refractivity contribution in [3.63, 3.8) is 0 Å². The van der Waals surface area contributed by atoms with Gasteiger partial charge in [0.25, 0.3) is 0 Å². The van der Waals surface area contributed by atoms with E-state index in [0.29, 0.717) is 16.9 Å². The van der Waals surface area contributed by atoms with Crippen LogP contribution in [0.3, 0.4) is 0 Å². The van der Waals surface area contributed by atoms with Gasteiger partial charge in [0.2, 0.25) is 10.0 Å². The topological polar surface area (TPSA) is 37.4 Å². The Labute approximate surface area is 125 Å². The van der Waals surface area contributed by atoms with Crippen LogP contribution < -0.4 is 0 Å². The third-order valence-electron chi connectivity index (χ3n) is 2.98. The molecule has 2 rings (SSSR count). The number of alkyl halides is 1. The van der Waals surface area contributed by atoms with Crippen LogP contribution in [0.2, 0.25) is 10.0 Å². The first-order valence-corrected chi connectivity index (χ1v) is 8.81. The maximum Gasteiger partial charge on any atom is 0.244 e. The van der Waals surface area contributed by atoms with Crippen LogP contribution >= 0.6 is 39.1 Å². The Morgan fingerprint density at radius 1 is 1.39 bits per heavy atom. The zero-order valence-corrected chi connectivity index (χ0v) is 13.4. The largest absolute Gasteiger partial charge is 0.244 e. The van der Waals surface area contributed by atoms with Crippen LogP contribution in [-0.4, -0.2) is 30.6 Å². The minimum atomic E-state index is -3.57. The summed E-state index contributed by atoms with van der Waals surface area (Å²) < 4.78 is 26.6. The second-order valence-electron chi connectivity index (χ2n) is 4.14. The number of sulfonamides is 1. The number of hydrogen-bond acceptors (Lipinski definition) is 2. The second kappa shape index (κ2) is 5.67. The van der Waals surface area contributed by atoms with Crippen molar-refractivity contribution in [1.82, 2.24) is 4.31 Å². The molecule has 0 aromatic heterocycles. The van der Waals surface area contributed by atoms with Gasteiger partial charge in [-0.25, -0.2) is 8.42 Å². The molecule has 18 heavy (non-hydrogen) atoms. The van der Waals surface area contributed by atoms with Gasteiger partial charge >= 0.3 is 0 Å². The fourth-order valence-corrected chi connectivity index (χ4v) is 5.38. The van der Waals surface area contributed by atoms with E-state index in [1.54, 1.807) is 6.07 Å². The van der Waals surface area contributed by atoms with Crippen molar-refractivity contribution in [2.75, 3.05) is 11.9 Å². The van der Waals surface area contributed by atoms with Crippen molar-refractivity contribution >= 4 is 49.2 Å². The number of rotatable bonds is 3. The molecule has 7 heteroatoms. The van der Waals surface area contributed by atoms with Gasteiger partial charge in [-0.05, 0) is 31.0 Å². The van der Waals surface area contributed by atoms with Gasteiger partial charge in [-0.2, -0.15) is 4.31 Å². The van der Waals surface area contributed by atoms with Crippen LogP contribution in [0.5, 0.6) is 0 Å². The first kappa shape index (κ1) is 14.6. The Morgan fingerprint density at radius 2 is 2.11 bits per heavy atom. The highest BCUT2D eigenvalue weighted by Crippen LogP contribution is 2.32. The first-order valence-electron chi connectivity index (χ1n) is 5.49. The summed E-state index contributed by atoms with van der Waals surface area (Å²) in [6, 6.07) is 4.48. The van der Waals surface area contributed by atoms with E-state index in [2.05, 4.69) is 15.9 Å². The standard InChI is InChI=1S/C11H12BrCl2NO2S/c12-7-9-2-1-5-15(9)18(16,17)11-6-8(13)3-4-10(11)14/h3-4,6,9H,1-2,5,7H2. The van der Waals surface area contributed by atoms with E-state index in [4.69, 9.17) is 23.2 Å². The van der Waals surface area contributed by atoms with Gasteiger partial charge in [-0.3, -0.25) is 0 Å². The molecule has 1 aliphatic heterocycles. The predicted molar refractivity (Wildman–Crippen MR) is 77.2 cm³/mol. The maximum atomic E-state index is 12.5. The highest BCUT2D eigenvalue weighted by atomic mass is 79.9. The molecule has 3 nitrogen and oxygen atoms in total. The molecule has 1 heterocycles. The highest BCUT2D eigenvalue weighted by Gasteiger charge is 2.35. The monoisotopic (exact) mass is 371 g/mol. The van der Waals surface area contributed by atoms with Crippen molar-refractivity contribution < 1.29 is 8.42 Å². The molecule has 0 spiro atoms. The SMILES string of the molecule is O=S(=O)(c1cc(Cl)ccc1Cl)N1CCCC1CBr. The minimum absolute atomic E-state index is 0.00921. The van der Waals surface area contributed by atoms with Crippen molar-refractivity contribution in [2.45, 2.75) is 23.8 Å². The van der Waals surface area contributed by atoms with E-state index in [-0.39, 0.29) is 16.0 Å². The quantitative estimate of drug-likeness (QED) is 0.761. The summed E-state index contributed by atoms with van der Waals surface area (Å²) in [6.45, 7) is 0.529. The molecule has 0 N–H and O–H groups in total. The molecule has 1 fully saturated rings. The Balaban J connectivity index is 2.45. The van der Waals surface area contributed by atoms with Gasteiger partial charge in [0, 0.05) is 22.9 Å². The van der Waals surface area contributed by atoms with Crippen LogP contribution in [0.15, 0.2) is 23.1 Å². The second-order valence-corrected chi connectivity index (χ2v) is 7.49. The molecule has 0 saturated carbocycles. The van der Waals surface area contributed by atoms with Crippen molar-refractivity contribution in [3.05, 3.63) is 28.2 Å². The van der Waals surface area contributed by atoms with E-state index in [0.717, 1.165) is 12.8 Å². The Bertz CT molecular complexity index is 550. The van der Waals surface area contributed by atoms with Crippen molar-refractivity contribution in [2.24, 2.45) is 0 Å². The average molecular weight is 373 g/mol. The Hall–Kier alpha value is 0.190. The van der Waals surface area contributed by atoms with Gasteiger partial charge in [-0.1, -0.05) is 39.1 Å². The summed E-state index contributed by atoms with van der Waals surface area (Å²) in [4.78, 5) is 0.0875. The zero-order chi connectivity index (χ0) is 13.3. The van der Waals surface area contributed by atoms with E-state index >= 15 is 0 Å². The van der Waals surface area contributed by atoms with E-state index in [1.807, 2.05) is 0 Å². The molecular formula is C11H12BrCl2NO2S. The van der Waals surface area contributed by atoms with Crippen LogP contribution in [-0.2, 0) is 10.0 Å². The van der Waals surface area contributed by atoms with Crippen LogP contribution in [0.1, 0.15) is 12.8 Å². The lowest BCUT2D eigenvalue weighted by molar-refractivity contribution is 0.414. The van der Waals surface area contributed by atoms with E-state index in [1.165, 1.54) is 16.4 Å². The van der Waals surface area contributed by atoms with Gasteiger partial charge in [0.1, 0.15) is 4.90 Å². The summed E-state index contributed by atoms with van der Waals surface area (Å²) in [5, 5.41) is 1.21. The summed E-state index contributed by atoms with van der Waals surface area (Å²) in [5.74, 6) is 0. The fraction of sp³-hybridized carbons (Fsp3) is 0.455. The molecular weight excluding hydrogens is 361 g/mol. The first-order chi connectivity index (χ1) is 8.46. The zero-order valence-electron chi connectivity index (χ0n) is 9.44. The molecule has 1 aromatic rings. The molecule has 100 valence electrons. The van der Waals surface area contributed by atoms with Gasteiger partial charge in [-0.15, -0.1) is 0 Å². The van der Waals surface area contributed by atoms with Crippen molar-refractivity contribution in [1.29, 1.82) is 0 Å². The number of benzene rings is 1. The lowest BCUT2D eigenvalue weighted by Gasteiger charge is -2.23. The lowest BCUT2D eigenvalue weighted by atomic mass is 10.3. The third-order valence-corrected chi connectivity index (χ3v) is 6.40. The average Bonchev–Trinajstić information content (AvgIpc) is 2.81. The molecule has 0 amide bonds.